The fraction of sp³-hybridized carbons (Fsp3) is 0.857. The van der Waals surface area contributed by atoms with Gasteiger partial charge < -0.3 is 15.3 Å². The van der Waals surface area contributed by atoms with Crippen molar-refractivity contribution in [2.24, 2.45) is 11.8 Å². The van der Waals surface area contributed by atoms with E-state index in [4.69, 9.17) is 5.11 Å². The van der Waals surface area contributed by atoms with Crippen LogP contribution in [0.15, 0.2) is 0 Å². The molecule has 0 aromatic carbocycles. The van der Waals surface area contributed by atoms with E-state index in [0.717, 1.165) is 5.92 Å². The number of urea groups is 1. The van der Waals surface area contributed by atoms with Gasteiger partial charge in [-0.2, -0.15) is 0 Å². The Bertz CT molecular complexity index is 320. The van der Waals surface area contributed by atoms with Crippen molar-refractivity contribution < 1.29 is 14.7 Å². The Balaban J connectivity index is 2.38. The number of nitrogens with zero attached hydrogens (tertiary/aromatic N) is 1. The van der Waals surface area contributed by atoms with Gasteiger partial charge in [0.2, 0.25) is 0 Å². The van der Waals surface area contributed by atoms with Gasteiger partial charge in [-0.05, 0) is 38.5 Å². The van der Waals surface area contributed by atoms with Gasteiger partial charge in [-0.15, -0.1) is 0 Å². The number of nitrogens with one attached hydrogen (secondary N) is 1. The zero-order valence-electron chi connectivity index (χ0n) is 12.2. The van der Waals surface area contributed by atoms with E-state index in [1.807, 2.05) is 6.92 Å². The highest BCUT2D eigenvalue weighted by atomic mass is 16.4. The molecule has 1 rings (SSSR count). The monoisotopic (exact) mass is 270 g/mol. The van der Waals surface area contributed by atoms with Gasteiger partial charge in [-0.3, -0.25) is 4.79 Å². The second kappa shape index (κ2) is 7.36. The minimum absolute atomic E-state index is 0.0122. The molecule has 1 saturated carbocycles. The molecule has 2 amide bonds. The van der Waals surface area contributed by atoms with Crippen LogP contribution in [0.25, 0.3) is 0 Å². The third-order valence-corrected chi connectivity index (χ3v) is 3.95. The van der Waals surface area contributed by atoms with Crippen molar-refractivity contribution >= 4 is 12.0 Å². The molecule has 5 heteroatoms. The second-order valence-electron chi connectivity index (χ2n) is 5.70. The van der Waals surface area contributed by atoms with Crippen LogP contribution in [0.3, 0.4) is 0 Å². The summed E-state index contributed by atoms with van der Waals surface area (Å²) in [5.74, 6) is 0.464. The molecule has 19 heavy (non-hydrogen) atoms. The molecule has 5 nitrogen and oxygen atoms in total. The summed E-state index contributed by atoms with van der Waals surface area (Å²) in [7, 11) is 0. The van der Waals surface area contributed by atoms with E-state index >= 15 is 0 Å². The molecule has 2 N–H and O–H groups in total. The molecule has 0 aromatic heterocycles. The normalized spacial score (nSPS) is 23.9. The molecule has 0 heterocycles. The van der Waals surface area contributed by atoms with E-state index in [0.29, 0.717) is 19.0 Å². The standard InChI is InChI=1S/C14H26N2O3/c1-4-16(11(3)8-13(17)18)14(19)15-9-12-6-5-10(2)7-12/h10-12H,4-9H2,1-3H3,(H,15,19)(H,17,18). The summed E-state index contributed by atoms with van der Waals surface area (Å²) >= 11 is 0. The molecule has 3 unspecified atom stereocenters. The fourth-order valence-electron chi connectivity index (χ4n) is 2.86. The zero-order valence-corrected chi connectivity index (χ0v) is 12.2. The van der Waals surface area contributed by atoms with Crippen molar-refractivity contribution in [2.75, 3.05) is 13.1 Å². The first-order chi connectivity index (χ1) is 8.93. The summed E-state index contributed by atoms with van der Waals surface area (Å²) in [6.45, 7) is 7.13. The van der Waals surface area contributed by atoms with Crippen LogP contribution in [0.5, 0.6) is 0 Å². The van der Waals surface area contributed by atoms with E-state index in [1.54, 1.807) is 11.8 Å². The van der Waals surface area contributed by atoms with Gasteiger partial charge in [0.05, 0.1) is 6.42 Å². The number of amides is 2. The minimum atomic E-state index is -0.872. The highest BCUT2D eigenvalue weighted by Gasteiger charge is 2.24. The van der Waals surface area contributed by atoms with Gasteiger partial charge in [-0.25, -0.2) is 4.79 Å². The molecular weight excluding hydrogens is 244 g/mol. The number of carbonyl (C=O) groups excluding carboxylic acids is 1. The number of carboxylic acid groups (broad SMARTS) is 1. The Labute approximate surface area is 115 Å². The topological polar surface area (TPSA) is 69.6 Å². The van der Waals surface area contributed by atoms with Gasteiger partial charge >= 0.3 is 12.0 Å². The molecule has 0 aromatic rings. The summed E-state index contributed by atoms with van der Waals surface area (Å²) in [5.41, 5.74) is 0. The lowest BCUT2D eigenvalue weighted by atomic mass is 10.1. The number of carbonyl (C=O) groups is 2. The maximum atomic E-state index is 12.1. The first kappa shape index (κ1) is 15.8. The summed E-state index contributed by atoms with van der Waals surface area (Å²) in [6.07, 6.45) is 3.59. The SMILES string of the molecule is CCN(C(=O)NCC1CCC(C)C1)C(C)CC(=O)O. The highest BCUT2D eigenvalue weighted by Crippen LogP contribution is 2.29. The Kier molecular flexibility index (Phi) is 6.12. The van der Waals surface area contributed by atoms with Gasteiger partial charge in [0.25, 0.3) is 0 Å². The van der Waals surface area contributed by atoms with Crippen LogP contribution < -0.4 is 5.32 Å². The average molecular weight is 270 g/mol. The molecule has 0 aliphatic heterocycles. The number of hydrogen-bond acceptors (Lipinski definition) is 2. The summed E-state index contributed by atoms with van der Waals surface area (Å²) in [6, 6.07) is -0.416. The fourth-order valence-corrected chi connectivity index (χ4v) is 2.86. The van der Waals surface area contributed by atoms with Gasteiger partial charge in [0.1, 0.15) is 0 Å². The number of rotatable bonds is 6. The van der Waals surface area contributed by atoms with E-state index in [-0.39, 0.29) is 18.5 Å². The summed E-state index contributed by atoms with van der Waals surface area (Å²) < 4.78 is 0. The molecular formula is C14H26N2O3. The Morgan fingerprint density at radius 3 is 2.58 bits per heavy atom. The maximum absolute atomic E-state index is 12.1. The molecule has 0 spiro atoms. The van der Waals surface area contributed by atoms with Crippen LogP contribution in [0, 0.1) is 11.8 Å². The molecule has 0 radical (unpaired) electrons. The number of carboxylic acids is 1. The van der Waals surface area contributed by atoms with E-state index in [9.17, 15) is 9.59 Å². The third-order valence-electron chi connectivity index (χ3n) is 3.95. The lowest BCUT2D eigenvalue weighted by molar-refractivity contribution is -0.138. The van der Waals surface area contributed by atoms with Crippen LogP contribution in [-0.4, -0.2) is 41.1 Å². The largest absolute Gasteiger partial charge is 0.481 e. The number of hydrogen-bond donors (Lipinski definition) is 2. The maximum Gasteiger partial charge on any atom is 0.317 e. The molecule has 1 aliphatic carbocycles. The lowest BCUT2D eigenvalue weighted by Crippen LogP contribution is -2.46. The van der Waals surface area contributed by atoms with Gasteiger partial charge in [0, 0.05) is 19.1 Å². The van der Waals surface area contributed by atoms with Crippen molar-refractivity contribution in [3.8, 4) is 0 Å². The molecule has 1 aliphatic rings. The second-order valence-corrected chi connectivity index (χ2v) is 5.70. The van der Waals surface area contributed by atoms with Crippen LogP contribution >= 0.6 is 0 Å². The highest BCUT2D eigenvalue weighted by molar-refractivity contribution is 5.75. The lowest BCUT2D eigenvalue weighted by Gasteiger charge is -2.27. The molecule has 110 valence electrons. The molecule has 0 bridgehead atoms. The van der Waals surface area contributed by atoms with Crippen molar-refractivity contribution in [1.82, 2.24) is 10.2 Å². The van der Waals surface area contributed by atoms with Crippen molar-refractivity contribution in [1.29, 1.82) is 0 Å². The first-order valence-electron chi connectivity index (χ1n) is 7.20. The number of aliphatic carboxylic acids is 1. The Hall–Kier alpha value is -1.26. The first-order valence-corrected chi connectivity index (χ1v) is 7.20. The Morgan fingerprint density at radius 2 is 2.11 bits per heavy atom. The van der Waals surface area contributed by atoms with Crippen molar-refractivity contribution in [2.45, 2.75) is 52.5 Å². The molecule has 1 fully saturated rings. The third kappa shape index (κ3) is 5.09. The smallest absolute Gasteiger partial charge is 0.317 e. The average Bonchev–Trinajstić information content (AvgIpc) is 2.72. The quantitative estimate of drug-likeness (QED) is 0.778. The van der Waals surface area contributed by atoms with Gasteiger partial charge in [-0.1, -0.05) is 13.3 Å². The Morgan fingerprint density at radius 1 is 1.42 bits per heavy atom. The van der Waals surface area contributed by atoms with Crippen LogP contribution in [0.4, 0.5) is 4.79 Å². The molecule has 0 saturated heterocycles. The summed E-state index contributed by atoms with van der Waals surface area (Å²) in [5, 5.41) is 11.7. The van der Waals surface area contributed by atoms with Crippen LogP contribution in [-0.2, 0) is 4.79 Å². The van der Waals surface area contributed by atoms with E-state index in [1.165, 1.54) is 19.3 Å². The van der Waals surface area contributed by atoms with Crippen molar-refractivity contribution in [3.05, 3.63) is 0 Å². The zero-order chi connectivity index (χ0) is 14.4. The minimum Gasteiger partial charge on any atom is -0.481 e. The van der Waals surface area contributed by atoms with Crippen LogP contribution in [0.2, 0.25) is 0 Å². The van der Waals surface area contributed by atoms with E-state index in [2.05, 4.69) is 12.2 Å². The van der Waals surface area contributed by atoms with Crippen molar-refractivity contribution in [3.63, 3.8) is 0 Å². The predicted molar refractivity (Wildman–Crippen MR) is 74.0 cm³/mol. The predicted octanol–water partition coefficient (Wildman–Crippen LogP) is 2.32. The van der Waals surface area contributed by atoms with Crippen LogP contribution in [0.1, 0.15) is 46.5 Å². The van der Waals surface area contributed by atoms with E-state index < -0.39 is 5.97 Å². The van der Waals surface area contributed by atoms with Gasteiger partial charge in [0.15, 0.2) is 0 Å². The molecule has 3 atom stereocenters. The summed E-state index contributed by atoms with van der Waals surface area (Å²) in [4.78, 5) is 24.3.